The van der Waals surface area contributed by atoms with E-state index < -0.39 is 18.0 Å². The Bertz CT molecular complexity index is 475. The smallest absolute Gasteiger partial charge is 0.308 e. The third kappa shape index (κ3) is 6.04. The van der Waals surface area contributed by atoms with E-state index in [1.54, 1.807) is 31.2 Å². The zero-order valence-electron chi connectivity index (χ0n) is 12.1. The van der Waals surface area contributed by atoms with Crippen LogP contribution < -0.4 is 10.1 Å². The first-order valence-electron chi connectivity index (χ1n) is 6.86. The fourth-order valence-corrected chi connectivity index (χ4v) is 1.93. The summed E-state index contributed by atoms with van der Waals surface area (Å²) in [6, 6.07) is 6.68. The highest BCUT2D eigenvalue weighted by Gasteiger charge is 2.20. The minimum atomic E-state index is -0.900. The van der Waals surface area contributed by atoms with Crippen LogP contribution in [0.3, 0.4) is 0 Å². The summed E-state index contributed by atoms with van der Waals surface area (Å²) < 4.78 is 5.47. The number of carbonyl (C=O) groups excluding carboxylic acids is 1. The lowest BCUT2D eigenvalue weighted by Crippen LogP contribution is -2.40. The van der Waals surface area contributed by atoms with E-state index in [0.717, 1.165) is 6.42 Å². The number of benzene rings is 1. The first-order valence-corrected chi connectivity index (χ1v) is 7.24. The minimum Gasteiger partial charge on any atom is -0.481 e. The Balaban J connectivity index is 2.47. The molecule has 0 aromatic heterocycles. The van der Waals surface area contributed by atoms with Gasteiger partial charge in [0, 0.05) is 11.6 Å². The zero-order valence-corrected chi connectivity index (χ0v) is 12.9. The van der Waals surface area contributed by atoms with E-state index in [1.165, 1.54) is 0 Å². The van der Waals surface area contributed by atoms with Crippen molar-refractivity contribution in [3.05, 3.63) is 29.3 Å². The fourth-order valence-electron chi connectivity index (χ4n) is 1.80. The van der Waals surface area contributed by atoms with Crippen molar-refractivity contribution in [3.63, 3.8) is 0 Å². The van der Waals surface area contributed by atoms with Gasteiger partial charge in [0.25, 0.3) is 5.91 Å². The van der Waals surface area contributed by atoms with Gasteiger partial charge in [-0.2, -0.15) is 0 Å². The van der Waals surface area contributed by atoms with E-state index in [9.17, 15) is 9.59 Å². The average Bonchev–Trinajstić information content (AvgIpc) is 2.45. The van der Waals surface area contributed by atoms with Crippen molar-refractivity contribution in [2.75, 3.05) is 6.54 Å². The lowest BCUT2D eigenvalue weighted by Gasteiger charge is -2.17. The number of nitrogens with one attached hydrogen (secondary N) is 1. The fraction of sp³-hybridized carbons (Fsp3) is 0.467. The van der Waals surface area contributed by atoms with E-state index in [2.05, 4.69) is 5.32 Å². The van der Waals surface area contributed by atoms with Gasteiger partial charge >= 0.3 is 5.97 Å². The average molecular weight is 314 g/mol. The first kappa shape index (κ1) is 17.3. The van der Waals surface area contributed by atoms with Crippen LogP contribution in [0.15, 0.2) is 24.3 Å². The van der Waals surface area contributed by atoms with Crippen LogP contribution in [-0.4, -0.2) is 29.6 Å². The largest absolute Gasteiger partial charge is 0.481 e. The maximum absolute atomic E-state index is 11.9. The molecule has 0 radical (unpaired) electrons. The number of amides is 1. The number of hydrogen-bond donors (Lipinski definition) is 2. The third-order valence-corrected chi connectivity index (χ3v) is 3.26. The summed E-state index contributed by atoms with van der Waals surface area (Å²) in [6.07, 6.45) is 0.577. The van der Waals surface area contributed by atoms with E-state index in [1.807, 2.05) is 6.92 Å². The summed E-state index contributed by atoms with van der Waals surface area (Å²) in [5, 5.41) is 12.2. The number of halogens is 1. The van der Waals surface area contributed by atoms with Crippen LogP contribution in [0.4, 0.5) is 0 Å². The highest BCUT2D eigenvalue weighted by Crippen LogP contribution is 2.16. The molecule has 0 saturated heterocycles. The Labute approximate surface area is 129 Å². The normalized spacial score (nSPS) is 13.3. The molecule has 21 heavy (non-hydrogen) atoms. The zero-order chi connectivity index (χ0) is 15.8. The van der Waals surface area contributed by atoms with Crippen LogP contribution in [0.5, 0.6) is 5.75 Å². The molecule has 0 bridgehead atoms. The standard InChI is InChI=1S/C15H20ClNO4/c1-3-4-11(15(19)20)9-17-14(18)10(2)21-13-7-5-12(16)6-8-13/h5-8,10-11H,3-4,9H2,1-2H3,(H,17,18)(H,19,20). The molecule has 2 atom stereocenters. The monoisotopic (exact) mass is 313 g/mol. The Kier molecular flexibility index (Phi) is 7.02. The van der Waals surface area contributed by atoms with Crippen molar-refractivity contribution >= 4 is 23.5 Å². The Morgan fingerprint density at radius 3 is 2.48 bits per heavy atom. The number of carboxylic acids is 1. The van der Waals surface area contributed by atoms with Crippen molar-refractivity contribution in [1.29, 1.82) is 0 Å². The third-order valence-electron chi connectivity index (χ3n) is 3.00. The lowest BCUT2D eigenvalue weighted by molar-refractivity contribution is -0.142. The molecule has 1 amide bonds. The van der Waals surface area contributed by atoms with Gasteiger partial charge in [0.1, 0.15) is 5.75 Å². The number of carboxylic acid groups (broad SMARTS) is 1. The predicted octanol–water partition coefficient (Wildman–Crippen LogP) is 2.72. The van der Waals surface area contributed by atoms with Gasteiger partial charge in [-0.3, -0.25) is 9.59 Å². The second-order valence-corrected chi connectivity index (χ2v) is 5.22. The highest BCUT2D eigenvalue weighted by atomic mass is 35.5. The van der Waals surface area contributed by atoms with E-state index >= 15 is 0 Å². The summed E-state index contributed by atoms with van der Waals surface area (Å²) in [5.74, 6) is -1.28. The van der Waals surface area contributed by atoms with Gasteiger partial charge in [0.15, 0.2) is 6.10 Å². The maximum atomic E-state index is 11.9. The predicted molar refractivity (Wildman–Crippen MR) is 80.6 cm³/mol. The maximum Gasteiger partial charge on any atom is 0.308 e. The van der Waals surface area contributed by atoms with E-state index in [4.69, 9.17) is 21.4 Å². The summed E-state index contributed by atoms with van der Waals surface area (Å²) in [6.45, 7) is 3.62. The molecule has 5 nitrogen and oxygen atoms in total. The summed E-state index contributed by atoms with van der Waals surface area (Å²) in [4.78, 5) is 22.9. The summed E-state index contributed by atoms with van der Waals surface area (Å²) in [5.41, 5.74) is 0. The topological polar surface area (TPSA) is 75.6 Å². The molecule has 1 aromatic carbocycles. The number of rotatable bonds is 8. The van der Waals surface area contributed by atoms with Gasteiger partial charge in [0.2, 0.25) is 0 Å². The SMILES string of the molecule is CCCC(CNC(=O)C(C)Oc1ccc(Cl)cc1)C(=O)O. The molecular formula is C15H20ClNO4. The van der Waals surface area contributed by atoms with Crippen LogP contribution in [0.2, 0.25) is 5.02 Å². The molecular weight excluding hydrogens is 294 g/mol. The van der Waals surface area contributed by atoms with Crippen LogP contribution in [-0.2, 0) is 9.59 Å². The number of ether oxygens (including phenoxy) is 1. The molecule has 2 unspecified atom stereocenters. The van der Waals surface area contributed by atoms with Crippen molar-refractivity contribution < 1.29 is 19.4 Å². The molecule has 1 rings (SSSR count). The van der Waals surface area contributed by atoms with Gasteiger partial charge in [0.05, 0.1) is 5.92 Å². The summed E-state index contributed by atoms with van der Waals surface area (Å²) in [7, 11) is 0. The van der Waals surface area contributed by atoms with Gasteiger partial charge in [-0.15, -0.1) is 0 Å². The molecule has 6 heteroatoms. The molecule has 116 valence electrons. The van der Waals surface area contributed by atoms with Crippen LogP contribution >= 0.6 is 11.6 Å². The molecule has 0 spiro atoms. The molecule has 2 N–H and O–H groups in total. The lowest BCUT2D eigenvalue weighted by atomic mass is 10.0. The Morgan fingerprint density at radius 1 is 1.33 bits per heavy atom. The summed E-state index contributed by atoms with van der Waals surface area (Å²) >= 11 is 5.76. The first-order chi connectivity index (χ1) is 9.93. The molecule has 0 aliphatic heterocycles. The van der Waals surface area contributed by atoms with Crippen LogP contribution in [0.25, 0.3) is 0 Å². The van der Waals surface area contributed by atoms with Crippen molar-refractivity contribution in [2.24, 2.45) is 5.92 Å². The molecule has 0 fully saturated rings. The molecule has 0 aliphatic carbocycles. The van der Waals surface area contributed by atoms with E-state index in [0.29, 0.717) is 17.2 Å². The quantitative estimate of drug-likeness (QED) is 0.773. The van der Waals surface area contributed by atoms with Gasteiger partial charge < -0.3 is 15.2 Å². The van der Waals surface area contributed by atoms with Gasteiger partial charge in [-0.25, -0.2) is 0 Å². The minimum absolute atomic E-state index is 0.107. The second kappa shape index (κ2) is 8.52. The van der Waals surface area contributed by atoms with Crippen molar-refractivity contribution in [2.45, 2.75) is 32.8 Å². The Morgan fingerprint density at radius 2 is 1.95 bits per heavy atom. The van der Waals surface area contributed by atoms with Crippen molar-refractivity contribution in [3.8, 4) is 5.75 Å². The molecule has 0 aliphatic rings. The number of aliphatic carboxylic acids is 1. The molecule has 1 aromatic rings. The molecule has 0 heterocycles. The number of carbonyl (C=O) groups is 2. The number of hydrogen-bond acceptors (Lipinski definition) is 3. The van der Waals surface area contributed by atoms with Crippen LogP contribution in [0.1, 0.15) is 26.7 Å². The second-order valence-electron chi connectivity index (χ2n) is 4.78. The van der Waals surface area contributed by atoms with Crippen LogP contribution in [0, 0.1) is 5.92 Å². The van der Waals surface area contributed by atoms with Gasteiger partial charge in [-0.1, -0.05) is 24.9 Å². The van der Waals surface area contributed by atoms with Gasteiger partial charge in [-0.05, 0) is 37.6 Å². The highest BCUT2D eigenvalue weighted by molar-refractivity contribution is 6.30. The van der Waals surface area contributed by atoms with E-state index in [-0.39, 0.29) is 12.5 Å². The Hall–Kier alpha value is -1.75. The van der Waals surface area contributed by atoms with Crippen molar-refractivity contribution in [1.82, 2.24) is 5.32 Å². The molecule has 0 saturated carbocycles.